The van der Waals surface area contributed by atoms with E-state index in [9.17, 15) is 14.0 Å². The molecule has 0 aliphatic rings. The summed E-state index contributed by atoms with van der Waals surface area (Å²) in [7, 11) is 0. The van der Waals surface area contributed by atoms with Gasteiger partial charge in [0, 0.05) is 31.5 Å². The monoisotopic (exact) mass is 561 g/mol. The lowest BCUT2D eigenvalue weighted by atomic mass is 10.0. The second kappa shape index (κ2) is 13.6. The topological polar surface area (TPSA) is 84.7 Å². The molecule has 5 rings (SSSR count). The van der Waals surface area contributed by atoms with E-state index in [4.69, 9.17) is 10.5 Å². The molecule has 3 N–H and O–H groups in total. The molecule has 6 nitrogen and oxygen atoms in total. The minimum atomic E-state index is -0.385. The fraction of sp³-hybridized carbons (Fsp3) is 0.143. The van der Waals surface area contributed by atoms with Crippen molar-refractivity contribution in [3.05, 3.63) is 138 Å². The zero-order valence-electron chi connectivity index (χ0n) is 23.1. The van der Waals surface area contributed by atoms with Gasteiger partial charge in [-0.05, 0) is 52.2 Å². The summed E-state index contributed by atoms with van der Waals surface area (Å²) in [6, 6.07) is 35.2. The fourth-order valence-corrected chi connectivity index (χ4v) is 4.82. The third kappa shape index (κ3) is 7.00. The maximum Gasteiger partial charge on any atom is 0.227 e. The zero-order valence-corrected chi connectivity index (χ0v) is 23.1. The molecule has 0 spiro atoms. The van der Waals surface area contributed by atoms with Crippen LogP contribution in [-0.2, 0) is 29.2 Å². The lowest BCUT2D eigenvalue weighted by Gasteiger charge is -2.26. The Bertz CT molecular complexity index is 1700. The first kappa shape index (κ1) is 28.5. The van der Waals surface area contributed by atoms with Crippen LogP contribution in [-0.4, -0.2) is 11.8 Å². The number of hydrogen-bond donors (Lipinski definition) is 2. The largest absolute Gasteiger partial charge is 0.455 e. The number of ether oxygens (including phenoxy) is 1. The van der Waals surface area contributed by atoms with Crippen LogP contribution < -0.4 is 20.7 Å². The van der Waals surface area contributed by atoms with Gasteiger partial charge in [-0.15, -0.1) is 0 Å². The zero-order chi connectivity index (χ0) is 29.3. The molecule has 5 aromatic carbocycles. The highest BCUT2D eigenvalue weighted by atomic mass is 19.1. The first-order chi connectivity index (χ1) is 20.5. The first-order valence-electron chi connectivity index (χ1n) is 13.8. The number of anilines is 1. The van der Waals surface area contributed by atoms with Crippen LogP contribution in [0.3, 0.4) is 0 Å². The molecule has 0 aromatic heterocycles. The Morgan fingerprint density at radius 3 is 2.36 bits per heavy atom. The Morgan fingerprint density at radius 2 is 1.50 bits per heavy atom. The highest BCUT2D eigenvalue weighted by Gasteiger charge is 2.22. The van der Waals surface area contributed by atoms with E-state index >= 15 is 0 Å². The van der Waals surface area contributed by atoms with Crippen LogP contribution in [0.2, 0.25) is 0 Å². The number of amides is 2. The predicted molar refractivity (Wildman–Crippen MR) is 163 cm³/mol. The van der Waals surface area contributed by atoms with Gasteiger partial charge in [0.05, 0.1) is 12.2 Å². The SMILES string of the molecule is NCc1cccc(Oc2ccccc2N(Cc2cccc3ccccc23)C(=O)CCC(=O)NCc2ccccc2F)c1. The highest BCUT2D eigenvalue weighted by Crippen LogP contribution is 2.35. The molecular weight excluding hydrogens is 529 g/mol. The van der Waals surface area contributed by atoms with Crippen molar-refractivity contribution in [1.29, 1.82) is 0 Å². The third-order valence-corrected chi connectivity index (χ3v) is 7.03. The number of fused-ring (bicyclic) bond motifs is 1. The van der Waals surface area contributed by atoms with Crippen molar-refractivity contribution in [3.63, 3.8) is 0 Å². The summed E-state index contributed by atoms with van der Waals surface area (Å²) in [5.41, 5.74) is 8.68. The lowest BCUT2D eigenvalue weighted by Crippen LogP contribution is -2.32. The Hall–Kier alpha value is -5.01. The van der Waals surface area contributed by atoms with E-state index in [-0.39, 0.29) is 43.6 Å². The van der Waals surface area contributed by atoms with E-state index in [1.54, 1.807) is 23.1 Å². The number of nitrogens with two attached hydrogens (primary N) is 1. The Labute approximate surface area is 244 Å². The maximum atomic E-state index is 14.0. The van der Waals surface area contributed by atoms with Crippen LogP contribution in [0.15, 0.2) is 115 Å². The van der Waals surface area contributed by atoms with Gasteiger partial charge in [-0.25, -0.2) is 4.39 Å². The summed E-state index contributed by atoms with van der Waals surface area (Å²) in [6.45, 7) is 0.710. The Balaban J connectivity index is 1.40. The molecular formula is C35H32FN3O3. The molecule has 0 unspecified atom stereocenters. The van der Waals surface area contributed by atoms with Gasteiger partial charge >= 0.3 is 0 Å². The summed E-state index contributed by atoms with van der Waals surface area (Å²) >= 11 is 0. The molecule has 0 atom stereocenters. The molecule has 5 aromatic rings. The number of nitrogens with zero attached hydrogens (tertiary/aromatic N) is 1. The molecule has 212 valence electrons. The van der Waals surface area contributed by atoms with Gasteiger partial charge in [0.15, 0.2) is 5.75 Å². The van der Waals surface area contributed by atoms with Crippen LogP contribution in [0, 0.1) is 5.82 Å². The van der Waals surface area contributed by atoms with E-state index in [1.165, 1.54) is 6.07 Å². The standard InChI is InChI=1S/C35H32FN3O3/c36-31-16-4-2-11-27(31)23-38-34(40)19-20-35(41)39(24-28-13-8-12-26-10-1-3-15-30(26)28)32-17-5-6-18-33(32)42-29-14-7-9-25(21-29)22-37/h1-18,21H,19-20,22-24,37H2,(H,38,40). The molecule has 0 aliphatic heterocycles. The lowest BCUT2D eigenvalue weighted by molar-refractivity contribution is -0.125. The number of hydrogen-bond acceptors (Lipinski definition) is 4. The quantitative estimate of drug-likeness (QED) is 0.185. The van der Waals surface area contributed by atoms with Crippen LogP contribution >= 0.6 is 0 Å². The molecule has 2 amide bonds. The molecule has 0 radical (unpaired) electrons. The molecule has 42 heavy (non-hydrogen) atoms. The van der Waals surface area contributed by atoms with Gasteiger partial charge in [-0.3, -0.25) is 9.59 Å². The highest BCUT2D eigenvalue weighted by molar-refractivity contribution is 5.97. The van der Waals surface area contributed by atoms with Crippen LogP contribution in [0.4, 0.5) is 10.1 Å². The molecule has 7 heteroatoms. The first-order valence-corrected chi connectivity index (χ1v) is 13.8. The van der Waals surface area contributed by atoms with Gasteiger partial charge in [0.25, 0.3) is 0 Å². The van der Waals surface area contributed by atoms with Crippen LogP contribution in [0.1, 0.15) is 29.5 Å². The summed E-state index contributed by atoms with van der Waals surface area (Å²) in [5.74, 6) is 0.152. The molecule has 0 aliphatic carbocycles. The van der Waals surface area contributed by atoms with Gasteiger partial charge < -0.3 is 20.7 Å². The van der Waals surface area contributed by atoms with Crippen LogP contribution in [0.5, 0.6) is 11.5 Å². The minimum Gasteiger partial charge on any atom is -0.455 e. The molecule has 0 fully saturated rings. The fourth-order valence-electron chi connectivity index (χ4n) is 4.82. The summed E-state index contributed by atoms with van der Waals surface area (Å²) in [6.07, 6.45) is -0.0776. The van der Waals surface area contributed by atoms with E-state index in [0.29, 0.717) is 29.3 Å². The van der Waals surface area contributed by atoms with Crippen LogP contribution in [0.25, 0.3) is 10.8 Å². The van der Waals surface area contributed by atoms with Crippen molar-refractivity contribution in [2.45, 2.75) is 32.5 Å². The van der Waals surface area contributed by atoms with Gasteiger partial charge in [0.2, 0.25) is 11.8 Å². The van der Waals surface area contributed by atoms with Crippen molar-refractivity contribution >= 4 is 28.3 Å². The number of para-hydroxylation sites is 2. The maximum absolute atomic E-state index is 14.0. The average molecular weight is 562 g/mol. The van der Waals surface area contributed by atoms with Gasteiger partial charge in [0.1, 0.15) is 11.6 Å². The molecule has 0 saturated carbocycles. The number of halogens is 1. The minimum absolute atomic E-state index is 0.0368. The van der Waals surface area contributed by atoms with Gasteiger partial charge in [-0.2, -0.15) is 0 Å². The van der Waals surface area contributed by atoms with Crippen molar-refractivity contribution in [2.24, 2.45) is 5.73 Å². The Morgan fingerprint density at radius 1 is 0.786 bits per heavy atom. The number of benzene rings is 5. The second-order valence-electron chi connectivity index (χ2n) is 9.91. The summed E-state index contributed by atoms with van der Waals surface area (Å²) < 4.78 is 20.2. The van der Waals surface area contributed by atoms with Crippen molar-refractivity contribution in [1.82, 2.24) is 5.32 Å². The van der Waals surface area contributed by atoms with E-state index in [1.807, 2.05) is 91.0 Å². The van der Waals surface area contributed by atoms with E-state index < -0.39 is 0 Å². The smallest absolute Gasteiger partial charge is 0.227 e. The molecule has 0 saturated heterocycles. The summed E-state index contributed by atoms with van der Waals surface area (Å²) in [5, 5.41) is 4.82. The normalized spacial score (nSPS) is 10.8. The third-order valence-electron chi connectivity index (χ3n) is 7.03. The van der Waals surface area contributed by atoms with Gasteiger partial charge in [-0.1, -0.05) is 84.9 Å². The Kier molecular flexibility index (Phi) is 9.21. The van der Waals surface area contributed by atoms with Crippen molar-refractivity contribution < 1.29 is 18.7 Å². The second-order valence-corrected chi connectivity index (χ2v) is 9.91. The molecule has 0 bridgehead atoms. The predicted octanol–water partition coefficient (Wildman–Crippen LogP) is 6.86. The number of carbonyl (C=O) groups excluding carboxylic acids is 2. The van der Waals surface area contributed by atoms with E-state index in [0.717, 1.165) is 21.9 Å². The number of nitrogens with one attached hydrogen (secondary N) is 1. The number of carbonyl (C=O) groups is 2. The van der Waals surface area contributed by atoms with Crippen molar-refractivity contribution in [2.75, 3.05) is 4.90 Å². The average Bonchev–Trinajstić information content (AvgIpc) is 3.02. The molecule has 0 heterocycles. The summed E-state index contributed by atoms with van der Waals surface area (Å²) in [4.78, 5) is 28.2. The number of rotatable bonds is 11. The van der Waals surface area contributed by atoms with E-state index in [2.05, 4.69) is 5.32 Å². The van der Waals surface area contributed by atoms with Crippen molar-refractivity contribution in [3.8, 4) is 11.5 Å².